The summed E-state index contributed by atoms with van der Waals surface area (Å²) in [5.41, 5.74) is 1.32. The average Bonchev–Trinajstić information content (AvgIpc) is 2.86. The largest absolute Gasteiger partial charge is 0.476 e. The first-order valence-electron chi connectivity index (χ1n) is 10.7. The molecular formula is C26H21ClN2O4S. The van der Waals surface area contributed by atoms with Crippen molar-refractivity contribution in [1.29, 1.82) is 0 Å². The van der Waals surface area contributed by atoms with E-state index in [4.69, 9.17) is 16.3 Å². The fourth-order valence-electron chi connectivity index (χ4n) is 3.95. The van der Waals surface area contributed by atoms with Crippen molar-refractivity contribution < 1.29 is 17.9 Å². The Morgan fingerprint density at radius 3 is 2.44 bits per heavy atom. The van der Waals surface area contributed by atoms with Crippen LogP contribution in [0.2, 0.25) is 5.02 Å². The van der Waals surface area contributed by atoms with E-state index in [1.165, 1.54) is 28.6 Å². The molecule has 4 aromatic rings. The zero-order valence-electron chi connectivity index (χ0n) is 18.0. The minimum atomic E-state index is -3.94. The molecule has 4 aromatic carbocycles. The van der Waals surface area contributed by atoms with E-state index in [1.807, 2.05) is 42.5 Å². The molecule has 0 aliphatic carbocycles. The van der Waals surface area contributed by atoms with Crippen LogP contribution in [-0.4, -0.2) is 27.0 Å². The number of fused-ring (bicyclic) bond motifs is 2. The summed E-state index contributed by atoms with van der Waals surface area (Å²) in [5.74, 6) is -0.0592. The predicted molar refractivity (Wildman–Crippen MR) is 133 cm³/mol. The molecule has 0 bridgehead atoms. The quantitative estimate of drug-likeness (QED) is 0.435. The summed E-state index contributed by atoms with van der Waals surface area (Å²) in [5, 5.41) is 5.52. The zero-order chi connectivity index (χ0) is 23.7. The van der Waals surface area contributed by atoms with Crippen molar-refractivity contribution in [1.82, 2.24) is 5.32 Å². The highest BCUT2D eigenvalue weighted by Gasteiger charge is 2.37. The van der Waals surface area contributed by atoms with Gasteiger partial charge in [-0.1, -0.05) is 60.1 Å². The van der Waals surface area contributed by atoms with Gasteiger partial charge in [-0.05, 0) is 58.8 Å². The van der Waals surface area contributed by atoms with Gasteiger partial charge in [-0.2, -0.15) is 0 Å². The summed E-state index contributed by atoms with van der Waals surface area (Å²) in [4.78, 5) is 13.1. The number of carbonyl (C=O) groups is 1. The molecule has 5 rings (SSSR count). The number of benzene rings is 4. The maximum atomic E-state index is 13.4. The highest BCUT2D eigenvalue weighted by molar-refractivity contribution is 7.92. The Bertz CT molecular complexity index is 1470. The van der Waals surface area contributed by atoms with Crippen molar-refractivity contribution in [2.75, 3.05) is 10.8 Å². The van der Waals surface area contributed by atoms with Gasteiger partial charge >= 0.3 is 0 Å². The van der Waals surface area contributed by atoms with E-state index in [2.05, 4.69) is 5.32 Å². The Morgan fingerprint density at radius 2 is 1.65 bits per heavy atom. The van der Waals surface area contributed by atoms with Crippen LogP contribution in [0.3, 0.4) is 0 Å². The van der Waals surface area contributed by atoms with Crippen LogP contribution in [-0.2, 0) is 21.4 Å². The third kappa shape index (κ3) is 4.32. The number of ether oxygens (including phenoxy) is 1. The molecular weight excluding hydrogens is 472 g/mol. The fraction of sp³-hybridized carbons (Fsp3) is 0.115. The first-order valence-corrected chi connectivity index (χ1v) is 12.5. The topological polar surface area (TPSA) is 75.7 Å². The van der Waals surface area contributed by atoms with E-state index in [0.29, 0.717) is 23.0 Å². The summed E-state index contributed by atoms with van der Waals surface area (Å²) in [6, 6.07) is 26.7. The first kappa shape index (κ1) is 22.3. The maximum Gasteiger partial charge on any atom is 0.264 e. The van der Waals surface area contributed by atoms with E-state index in [9.17, 15) is 13.2 Å². The summed E-state index contributed by atoms with van der Waals surface area (Å²) >= 11 is 5.93. The van der Waals surface area contributed by atoms with Crippen LogP contribution in [0.25, 0.3) is 10.8 Å². The number of hydrogen-bond acceptors (Lipinski definition) is 4. The normalized spacial score (nSPS) is 15.4. The summed E-state index contributed by atoms with van der Waals surface area (Å²) in [6.45, 7) is 0.153. The number of nitrogens with zero attached hydrogens (tertiary/aromatic N) is 1. The third-order valence-electron chi connectivity index (χ3n) is 5.71. The predicted octanol–water partition coefficient (Wildman–Crippen LogP) is 4.77. The number of rotatable bonds is 5. The third-order valence-corrected chi connectivity index (χ3v) is 7.76. The second kappa shape index (κ2) is 9.00. The lowest BCUT2D eigenvalue weighted by atomic mass is 10.1. The highest BCUT2D eigenvalue weighted by Crippen LogP contribution is 2.37. The molecule has 172 valence electrons. The Labute approximate surface area is 202 Å². The van der Waals surface area contributed by atoms with Gasteiger partial charge in [0.05, 0.1) is 17.1 Å². The molecule has 1 heterocycles. The van der Waals surface area contributed by atoms with Crippen molar-refractivity contribution in [3.63, 3.8) is 0 Å². The van der Waals surface area contributed by atoms with Gasteiger partial charge in [0.2, 0.25) is 0 Å². The molecule has 1 N–H and O–H groups in total. The Kier molecular flexibility index (Phi) is 5.89. The van der Waals surface area contributed by atoms with Crippen LogP contribution >= 0.6 is 11.6 Å². The second-order valence-electron chi connectivity index (χ2n) is 7.96. The van der Waals surface area contributed by atoms with E-state index in [0.717, 1.165) is 16.3 Å². The lowest BCUT2D eigenvalue weighted by Crippen LogP contribution is -2.50. The second-order valence-corrected chi connectivity index (χ2v) is 10.3. The highest BCUT2D eigenvalue weighted by atomic mass is 35.5. The van der Waals surface area contributed by atoms with Gasteiger partial charge < -0.3 is 10.1 Å². The van der Waals surface area contributed by atoms with E-state index >= 15 is 0 Å². The van der Waals surface area contributed by atoms with Gasteiger partial charge in [0.15, 0.2) is 6.10 Å². The van der Waals surface area contributed by atoms with Crippen molar-refractivity contribution >= 4 is 44.0 Å². The van der Waals surface area contributed by atoms with E-state index in [-0.39, 0.29) is 17.3 Å². The van der Waals surface area contributed by atoms with Crippen LogP contribution in [0.1, 0.15) is 5.56 Å². The molecule has 0 saturated heterocycles. The summed E-state index contributed by atoms with van der Waals surface area (Å²) < 4.78 is 34.0. The Balaban J connectivity index is 1.38. The van der Waals surface area contributed by atoms with Crippen LogP contribution in [0.15, 0.2) is 95.9 Å². The smallest absolute Gasteiger partial charge is 0.264 e. The minimum Gasteiger partial charge on any atom is -0.476 e. The number of sulfonamides is 1. The van der Waals surface area contributed by atoms with Gasteiger partial charge in [-0.15, -0.1) is 0 Å². The number of hydrogen-bond donors (Lipinski definition) is 1. The van der Waals surface area contributed by atoms with Crippen molar-refractivity contribution in [2.24, 2.45) is 0 Å². The molecule has 1 aliphatic rings. The molecule has 0 unspecified atom stereocenters. The molecule has 0 aromatic heterocycles. The number of nitrogens with one attached hydrogen (secondary N) is 1. The Hall–Kier alpha value is -3.55. The minimum absolute atomic E-state index is 0.0870. The monoisotopic (exact) mass is 492 g/mol. The first-order chi connectivity index (χ1) is 16.4. The van der Waals surface area contributed by atoms with Crippen LogP contribution < -0.4 is 14.4 Å². The number of anilines is 1. The number of carbonyl (C=O) groups excluding carboxylic acids is 1. The number of amides is 1. The van der Waals surface area contributed by atoms with Gasteiger partial charge in [0, 0.05) is 11.6 Å². The van der Waals surface area contributed by atoms with Gasteiger partial charge in [0.25, 0.3) is 15.9 Å². The van der Waals surface area contributed by atoms with Crippen LogP contribution in [0, 0.1) is 0 Å². The SMILES string of the molecule is O=C(NCc1ccc2ccccc2c1)[C@@H]1CN(S(=O)(=O)c2ccc(Cl)cc2)c2ccccc2O1. The van der Waals surface area contributed by atoms with Crippen molar-refractivity contribution in [3.05, 3.63) is 102 Å². The standard InChI is InChI=1S/C26H21ClN2O4S/c27-21-11-13-22(14-12-21)34(31,32)29-17-25(33-24-8-4-3-7-23(24)29)26(30)28-16-18-9-10-19-5-1-2-6-20(19)15-18/h1-15,25H,16-17H2,(H,28,30)/t25-/m0/s1. The molecule has 1 atom stereocenters. The van der Waals surface area contributed by atoms with Gasteiger partial charge in [0.1, 0.15) is 5.75 Å². The Morgan fingerprint density at radius 1 is 0.941 bits per heavy atom. The number of halogens is 1. The van der Waals surface area contributed by atoms with E-state index < -0.39 is 16.1 Å². The molecule has 1 amide bonds. The lowest BCUT2D eigenvalue weighted by molar-refractivity contribution is -0.127. The summed E-state index contributed by atoms with van der Waals surface area (Å²) in [6.07, 6.45) is -1.00. The zero-order valence-corrected chi connectivity index (χ0v) is 19.6. The average molecular weight is 493 g/mol. The van der Waals surface area contributed by atoms with Gasteiger partial charge in [-0.3, -0.25) is 9.10 Å². The lowest BCUT2D eigenvalue weighted by Gasteiger charge is -2.34. The van der Waals surface area contributed by atoms with Crippen molar-refractivity contribution in [2.45, 2.75) is 17.5 Å². The summed E-state index contributed by atoms with van der Waals surface area (Å²) in [7, 11) is -3.94. The molecule has 0 fully saturated rings. The van der Waals surface area contributed by atoms with Gasteiger partial charge in [-0.25, -0.2) is 8.42 Å². The molecule has 6 nitrogen and oxygen atoms in total. The molecule has 1 aliphatic heterocycles. The molecule has 8 heteroatoms. The van der Waals surface area contributed by atoms with Crippen LogP contribution in [0.4, 0.5) is 5.69 Å². The molecule has 34 heavy (non-hydrogen) atoms. The van der Waals surface area contributed by atoms with Crippen LogP contribution in [0.5, 0.6) is 5.75 Å². The molecule has 0 spiro atoms. The molecule has 0 saturated carbocycles. The van der Waals surface area contributed by atoms with E-state index in [1.54, 1.807) is 24.3 Å². The van der Waals surface area contributed by atoms with Crippen molar-refractivity contribution in [3.8, 4) is 5.75 Å². The maximum absolute atomic E-state index is 13.4. The fourth-order valence-corrected chi connectivity index (χ4v) is 5.55. The number of para-hydroxylation sites is 2. The molecule has 0 radical (unpaired) electrons.